The van der Waals surface area contributed by atoms with Gasteiger partial charge in [-0.1, -0.05) is 72.8 Å². The number of piperazine rings is 1. The van der Waals surface area contributed by atoms with Crippen molar-refractivity contribution in [2.24, 2.45) is 5.92 Å². The fourth-order valence-corrected chi connectivity index (χ4v) is 5.97. The zero-order valence-corrected chi connectivity index (χ0v) is 19.4. The fourth-order valence-electron chi connectivity index (χ4n) is 5.97. The van der Waals surface area contributed by atoms with Gasteiger partial charge in [0, 0.05) is 38.1 Å². The summed E-state index contributed by atoms with van der Waals surface area (Å²) in [6.07, 6.45) is 1.63. The molecule has 4 nitrogen and oxygen atoms in total. The number of ether oxygens (including phenoxy) is 1. The van der Waals surface area contributed by atoms with Gasteiger partial charge in [0.2, 0.25) is 0 Å². The first-order valence-corrected chi connectivity index (χ1v) is 12.1. The number of aliphatic hydroxyl groups is 1. The van der Waals surface area contributed by atoms with E-state index in [0.29, 0.717) is 0 Å². The second kappa shape index (κ2) is 9.58. The van der Waals surface area contributed by atoms with Crippen molar-refractivity contribution in [2.45, 2.75) is 24.4 Å². The summed E-state index contributed by atoms with van der Waals surface area (Å²) in [5.74, 6) is 1.20. The molecule has 1 N–H and O–H groups in total. The molecule has 0 aromatic heterocycles. The minimum atomic E-state index is -0.394. The summed E-state index contributed by atoms with van der Waals surface area (Å²) in [5, 5.41) is 11.8. The van der Waals surface area contributed by atoms with Gasteiger partial charge in [-0.2, -0.15) is 0 Å². The molecule has 1 heterocycles. The van der Waals surface area contributed by atoms with Gasteiger partial charge < -0.3 is 14.7 Å². The van der Waals surface area contributed by atoms with Crippen molar-refractivity contribution in [1.29, 1.82) is 0 Å². The Hall–Kier alpha value is -2.82. The number of anilines is 1. The molecule has 5 rings (SSSR count). The van der Waals surface area contributed by atoms with Gasteiger partial charge in [-0.25, -0.2) is 0 Å². The van der Waals surface area contributed by atoms with E-state index in [9.17, 15) is 5.11 Å². The molecule has 0 bridgehead atoms. The normalized spacial score (nSPS) is 22.9. The number of nitrogens with zero attached hydrogens (tertiary/aromatic N) is 2. The minimum absolute atomic E-state index is 0.267. The summed E-state index contributed by atoms with van der Waals surface area (Å²) in [7, 11) is 1.74. The van der Waals surface area contributed by atoms with Crippen LogP contribution >= 0.6 is 0 Å². The topological polar surface area (TPSA) is 35.9 Å². The van der Waals surface area contributed by atoms with Crippen LogP contribution in [0.1, 0.15) is 24.0 Å². The Morgan fingerprint density at radius 3 is 2.00 bits per heavy atom. The van der Waals surface area contributed by atoms with E-state index in [-0.39, 0.29) is 11.3 Å². The van der Waals surface area contributed by atoms with Crippen LogP contribution in [0.3, 0.4) is 0 Å². The molecular weight excluding hydrogens is 408 g/mol. The first-order chi connectivity index (χ1) is 16.2. The van der Waals surface area contributed by atoms with E-state index in [1.807, 2.05) is 12.1 Å². The van der Waals surface area contributed by atoms with Gasteiger partial charge in [0.1, 0.15) is 5.75 Å². The third-order valence-corrected chi connectivity index (χ3v) is 7.73. The van der Waals surface area contributed by atoms with Gasteiger partial charge in [-0.3, -0.25) is 4.90 Å². The second-order valence-corrected chi connectivity index (χ2v) is 9.41. The van der Waals surface area contributed by atoms with Crippen molar-refractivity contribution in [2.75, 3.05) is 44.7 Å². The number of hydrogen-bond acceptors (Lipinski definition) is 4. The van der Waals surface area contributed by atoms with Crippen LogP contribution in [-0.4, -0.2) is 55.9 Å². The van der Waals surface area contributed by atoms with Crippen LogP contribution in [0, 0.1) is 5.92 Å². The largest absolute Gasteiger partial charge is 0.495 e. The third-order valence-electron chi connectivity index (χ3n) is 7.73. The Balaban J connectivity index is 1.30. The molecule has 2 aliphatic rings. The second-order valence-electron chi connectivity index (χ2n) is 9.41. The van der Waals surface area contributed by atoms with Crippen molar-refractivity contribution >= 4 is 5.69 Å². The van der Waals surface area contributed by atoms with E-state index in [0.717, 1.165) is 51.3 Å². The van der Waals surface area contributed by atoms with Crippen molar-refractivity contribution < 1.29 is 9.84 Å². The molecule has 1 aliphatic heterocycles. The molecule has 2 fully saturated rings. The molecule has 0 unspecified atom stereocenters. The van der Waals surface area contributed by atoms with E-state index in [1.54, 1.807) is 7.11 Å². The maximum absolute atomic E-state index is 11.8. The molecule has 4 heteroatoms. The molecule has 2 atom stereocenters. The zero-order valence-electron chi connectivity index (χ0n) is 19.4. The Morgan fingerprint density at radius 2 is 1.39 bits per heavy atom. The molecule has 0 radical (unpaired) electrons. The highest BCUT2D eigenvalue weighted by Crippen LogP contribution is 2.49. The predicted octanol–water partition coefficient (Wildman–Crippen LogP) is 4.57. The van der Waals surface area contributed by atoms with Gasteiger partial charge in [-0.05, 0) is 42.0 Å². The maximum Gasteiger partial charge on any atom is 0.142 e. The number of benzene rings is 3. The number of aliphatic hydroxyl groups excluding tert-OH is 1. The Kier molecular flexibility index (Phi) is 6.39. The van der Waals surface area contributed by atoms with Crippen LogP contribution in [0.5, 0.6) is 5.75 Å². The summed E-state index contributed by atoms with van der Waals surface area (Å²) >= 11 is 0. The Bertz CT molecular complexity index is 992. The molecule has 3 aromatic rings. The van der Waals surface area contributed by atoms with Crippen LogP contribution in [0.4, 0.5) is 5.69 Å². The lowest BCUT2D eigenvalue weighted by Crippen LogP contribution is -2.49. The molecule has 1 saturated carbocycles. The van der Waals surface area contributed by atoms with E-state index < -0.39 is 6.10 Å². The minimum Gasteiger partial charge on any atom is -0.495 e. The molecule has 0 amide bonds. The Morgan fingerprint density at radius 1 is 0.818 bits per heavy atom. The van der Waals surface area contributed by atoms with E-state index in [4.69, 9.17) is 4.74 Å². The lowest BCUT2D eigenvalue weighted by atomic mass is 9.71. The summed E-state index contributed by atoms with van der Waals surface area (Å²) in [5.41, 5.74) is 3.30. The molecule has 0 spiro atoms. The SMILES string of the molecule is COc1ccccc1N1CCN(C[C@H]2CCC(c3ccccc3)(c3ccccc3)[C@@H]2O)CC1. The van der Waals surface area contributed by atoms with Gasteiger partial charge >= 0.3 is 0 Å². The monoisotopic (exact) mass is 442 g/mol. The highest BCUT2D eigenvalue weighted by atomic mass is 16.5. The van der Waals surface area contributed by atoms with Crippen LogP contribution in [0.25, 0.3) is 0 Å². The van der Waals surface area contributed by atoms with E-state index in [2.05, 4.69) is 82.6 Å². The lowest BCUT2D eigenvalue weighted by Gasteiger charge is -2.39. The van der Waals surface area contributed by atoms with Gasteiger partial charge in [0.05, 0.1) is 18.9 Å². The first-order valence-electron chi connectivity index (χ1n) is 12.1. The molecule has 1 aliphatic carbocycles. The predicted molar refractivity (Wildman–Crippen MR) is 134 cm³/mol. The third kappa shape index (κ3) is 4.14. The van der Waals surface area contributed by atoms with E-state index in [1.165, 1.54) is 16.8 Å². The Labute approximate surface area is 197 Å². The van der Waals surface area contributed by atoms with Gasteiger partial charge in [0.25, 0.3) is 0 Å². The highest BCUT2D eigenvalue weighted by molar-refractivity contribution is 5.58. The highest BCUT2D eigenvalue weighted by Gasteiger charge is 2.50. The zero-order chi connectivity index (χ0) is 22.7. The summed E-state index contributed by atoms with van der Waals surface area (Å²) in [4.78, 5) is 4.95. The maximum atomic E-state index is 11.8. The van der Waals surface area contributed by atoms with Crippen LogP contribution in [0.15, 0.2) is 84.9 Å². The van der Waals surface area contributed by atoms with Crippen LogP contribution in [0.2, 0.25) is 0 Å². The number of rotatable bonds is 6. The number of hydrogen-bond donors (Lipinski definition) is 1. The summed E-state index contributed by atoms with van der Waals surface area (Å²) in [6.45, 7) is 4.91. The van der Waals surface area contributed by atoms with E-state index >= 15 is 0 Å². The smallest absolute Gasteiger partial charge is 0.142 e. The molecule has 172 valence electrons. The first kappa shape index (κ1) is 22.0. The number of para-hydroxylation sites is 2. The van der Waals surface area contributed by atoms with Crippen LogP contribution in [-0.2, 0) is 5.41 Å². The lowest BCUT2D eigenvalue weighted by molar-refractivity contribution is 0.0652. The molecule has 3 aromatic carbocycles. The summed E-state index contributed by atoms with van der Waals surface area (Å²) in [6, 6.07) is 29.5. The molecule has 1 saturated heterocycles. The van der Waals surface area contributed by atoms with Crippen molar-refractivity contribution in [3.8, 4) is 5.75 Å². The van der Waals surface area contributed by atoms with Crippen molar-refractivity contribution in [3.05, 3.63) is 96.1 Å². The van der Waals surface area contributed by atoms with Gasteiger partial charge in [-0.15, -0.1) is 0 Å². The fraction of sp³-hybridized carbons (Fsp3) is 0.379. The molecular formula is C29H34N2O2. The summed E-state index contributed by atoms with van der Waals surface area (Å²) < 4.78 is 5.57. The van der Waals surface area contributed by atoms with Crippen molar-refractivity contribution in [3.63, 3.8) is 0 Å². The van der Waals surface area contributed by atoms with Crippen molar-refractivity contribution in [1.82, 2.24) is 4.90 Å². The standard InChI is InChI=1S/C29H34N2O2/c1-33-27-15-9-8-14-26(27)31-20-18-30(19-21-31)22-23-16-17-29(28(23)32,24-10-4-2-5-11-24)25-12-6-3-7-13-25/h2-15,23,28,32H,16-22H2,1H3/t23-,28-/m1/s1. The van der Waals surface area contributed by atoms with Crippen LogP contribution < -0.4 is 9.64 Å². The quantitative estimate of drug-likeness (QED) is 0.607. The average molecular weight is 443 g/mol. The average Bonchev–Trinajstić information content (AvgIpc) is 3.22. The molecule has 33 heavy (non-hydrogen) atoms. The van der Waals surface area contributed by atoms with Gasteiger partial charge in [0.15, 0.2) is 0 Å². The number of methoxy groups -OCH3 is 1.